The number of thiophene rings is 1. The molecule has 0 saturated heterocycles. The topological polar surface area (TPSA) is 64.6 Å². The fourth-order valence-corrected chi connectivity index (χ4v) is 4.60. The molecule has 1 atom stereocenters. The summed E-state index contributed by atoms with van der Waals surface area (Å²) >= 11 is 1.50. The predicted octanol–water partition coefficient (Wildman–Crippen LogP) is 4.99. The van der Waals surface area contributed by atoms with E-state index < -0.39 is 6.10 Å². The van der Waals surface area contributed by atoms with Gasteiger partial charge in [0.25, 0.3) is 5.91 Å². The molecule has 6 heteroatoms. The first-order chi connectivity index (χ1) is 13.6. The molecule has 150 valence electrons. The molecule has 1 aromatic carbocycles. The van der Waals surface area contributed by atoms with Crippen molar-refractivity contribution >= 4 is 28.2 Å². The highest BCUT2D eigenvalue weighted by Crippen LogP contribution is 2.38. The van der Waals surface area contributed by atoms with Crippen LogP contribution in [0.15, 0.2) is 30.3 Å². The highest BCUT2D eigenvalue weighted by molar-refractivity contribution is 7.17. The van der Waals surface area contributed by atoms with Crippen LogP contribution < -0.4 is 10.1 Å². The normalized spacial score (nSPS) is 14.1. The molecule has 0 fully saturated rings. The number of benzene rings is 1. The van der Waals surface area contributed by atoms with Gasteiger partial charge in [-0.1, -0.05) is 32.0 Å². The van der Waals surface area contributed by atoms with Gasteiger partial charge in [0, 0.05) is 4.88 Å². The van der Waals surface area contributed by atoms with Crippen molar-refractivity contribution in [2.45, 2.75) is 58.5 Å². The van der Waals surface area contributed by atoms with Crippen molar-refractivity contribution in [3.63, 3.8) is 0 Å². The third kappa shape index (κ3) is 4.73. The quantitative estimate of drug-likeness (QED) is 0.633. The number of hydrogen-bond acceptors (Lipinski definition) is 5. The molecule has 1 aromatic heterocycles. The van der Waals surface area contributed by atoms with Crippen molar-refractivity contribution in [1.82, 2.24) is 0 Å². The highest BCUT2D eigenvalue weighted by atomic mass is 32.1. The molecule has 0 aliphatic heterocycles. The Hall–Kier alpha value is -2.34. The summed E-state index contributed by atoms with van der Waals surface area (Å²) in [5.74, 6) is 0.0700. The van der Waals surface area contributed by atoms with E-state index in [1.807, 2.05) is 44.2 Å². The van der Waals surface area contributed by atoms with E-state index in [-0.39, 0.29) is 11.9 Å². The molecule has 0 bridgehead atoms. The molecule has 1 heterocycles. The molecular weight excluding hydrogens is 374 g/mol. The van der Waals surface area contributed by atoms with Crippen LogP contribution in [0.5, 0.6) is 5.75 Å². The largest absolute Gasteiger partial charge is 0.481 e. The van der Waals surface area contributed by atoms with Crippen LogP contribution in [-0.4, -0.2) is 24.6 Å². The zero-order valence-corrected chi connectivity index (χ0v) is 17.3. The Labute approximate surface area is 170 Å². The predicted molar refractivity (Wildman–Crippen MR) is 111 cm³/mol. The Bertz CT molecular complexity index is 815. The van der Waals surface area contributed by atoms with Crippen LogP contribution in [0.2, 0.25) is 0 Å². The molecule has 1 N–H and O–H groups in total. The van der Waals surface area contributed by atoms with Crippen LogP contribution in [0.3, 0.4) is 0 Å². The molecule has 5 nitrogen and oxygen atoms in total. The SMILES string of the molecule is CCCOC(=O)c1c(NC(=O)[C@H](CC)Oc2ccccc2)sc2c1CCCC2. The molecule has 28 heavy (non-hydrogen) atoms. The van der Waals surface area contributed by atoms with Gasteiger partial charge in [-0.3, -0.25) is 4.79 Å². The number of anilines is 1. The van der Waals surface area contributed by atoms with Crippen molar-refractivity contribution < 1.29 is 19.1 Å². The smallest absolute Gasteiger partial charge is 0.341 e. The lowest BCUT2D eigenvalue weighted by Crippen LogP contribution is -2.32. The summed E-state index contributed by atoms with van der Waals surface area (Å²) in [6.45, 7) is 4.25. The fourth-order valence-electron chi connectivity index (χ4n) is 3.31. The third-order valence-corrected chi connectivity index (χ3v) is 5.94. The van der Waals surface area contributed by atoms with Crippen molar-refractivity contribution in [3.8, 4) is 5.75 Å². The van der Waals surface area contributed by atoms with Crippen LogP contribution in [0.1, 0.15) is 60.3 Å². The molecule has 1 aliphatic carbocycles. The standard InChI is InChI=1S/C22H27NO4S/c1-3-14-26-22(25)19-16-12-8-9-13-18(16)28-21(19)23-20(24)17(4-2)27-15-10-6-5-7-11-15/h5-7,10-11,17H,3-4,8-9,12-14H2,1-2H3,(H,23,24)/t17-/m0/s1. The minimum Gasteiger partial charge on any atom is -0.481 e. The number of hydrogen-bond donors (Lipinski definition) is 1. The number of carbonyl (C=O) groups excluding carboxylic acids is 2. The van der Waals surface area contributed by atoms with E-state index in [9.17, 15) is 9.59 Å². The van der Waals surface area contributed by atoms with E-state index in [1.54, 1.807) is 0 Å². The van der Waals surface area contributed by atoms with Crippen LogP contribution in [0.25, 0.3) is 0 Å². The zero-order valence-electron chi connectivity index (χ0n) is 16.5. The Morgan fingerprint density at radius 1 is 1.14 bits per heavy atom. The van der Waals surface area contributed by atoms with Gasteiger partial charge in [-0.15, -0.1) is 11.3 Å². The summed E-state index contributed by atoms with van der Waals surface area (Å²) in [6.07, 6.45) is 4.64. The number of nitrogens with one attached hydrogen (secondary N) is 1. The van der Waals surface area contributed by atoms with Gasteiger partial charge in [0.2, 0.25) is 0 Å². The van der Waals surface area contributed by atoms with E-state index in [1.165, 1.54) is 16.2 Å². The zero-order chi connectivity index (χ0) is 19.9. The minimum absolute atomic E-state index is 0.241. The number of carbonyl (C=O) groups is 2. The second-order valence-electron chi connectivity index (χ2n) is 6.87. The van der Waals surface area contributed by atoms with Crippen molar-refractivity contribution in [1.29, 1.82) is 0 Å². The van der Waals surface area contributed by atoms with Gasteiger partial charge in [0.1, 0.15) is 10.8 Å². The number of rotatable bonds is 8. The maximum atomic E-state index is 12.9. The van der Waals surface area contributed by atoms with Crippen LogP contribution in [0, 0.1) is 0 Å². The Kier molecular flexibility index (Phi) is 7.09. The van der Waals surface area contributed by atoms with E-state index >= 15 is 0 Å². The molecule has 1 amide bonds. The van der Waals surface area contributed by atoms with Gasteiger partial charge in [-0.25, -0.2) is 4.79 Å². The third-order valence-electron chi connectivity index (χ3n) is 4.73. The molecule has 1 aliphatic rings. The van der Waals surface area contributed by atoms with Crippen LogP contribution in [-0.2, 0) is 22.4 Å². The summed E-state index contributed by atoms with van der Waals surface area (Å²) in [6, 6.07) is 9.29. The van der Waals surface area contributed by atoms with Gasteiger partial charge in [-0.05, 0) is 56.2 Å². The molecule has 0 saturated carbocycles. The number of amides is 1. The van der Waals surface area contributed by atoms with Gasteiger partial charge in [0.05, 0.1) is 12.2 Å². The summed E-state index contributed by atoms with van der Waals surface area (Å²) in [4.78, 5) is 26.7. The van der Waals surface area contributed by atoms with Crippen molar-refractivity contribution in [3.05, 3.63) is 46.3 Å². The van der Waals surface area contributed by atoms with Crippen molar-refractivity contribution in [2.75, 3.05) is 11.9 Å². The first-order valence-corrected chi connectivity index (χ1v) is 10.8. The molecule has 3 rings (SSSR count). The average Bonchev–Trinajstić information content (AvgIpc) is 3.08. The summed E-state index contributed by atoms with van der Waals surface area (Å²) in [7, 11) is 0. The molecule has 0 radical (unpaired) electrons. The molecular formula is C22H27NO4S. The number of para-hydroxylation sites is 1. The van der Waals surface area contributed by atoms with Gasteiger partial charge in [-0.2, -0.15) is 0 Å². The van der Waals surface area contributed by atoms with Gasteiger partial charge < -0.3 is 14.8 Å². The Morgan fingerprint density at radius 3 is 2.61 bits per heavy atom. The maximum absolute atomic E-state index is 12.9. The minimum atomic E-state index is -0.624. The first kappa shape index (κ1) is 20.4. The van der Waals surface area contributed by atoms with Crippen LogP contribution >= 0.6 is 11.3 Å². The lowest BCUT2D eigenvalue weighted by Gasteiger charge is -2.17. The molecule has 0 spiro atoms. The molecule has 0 unspecified atom stereocenters. The second-order valence-corrected chi connectivity index (χ2v) is 7.97. The number of esters is 1. The lowest BCUT2D eigenvalue weighted by molar-refractivity contribution is -0.122. The Morgan fingerprint density at radius 2 is 1.89 bits per heavy atom. The Balaban J connectivity index is 1.80. The highest BCUT2D eigenvalue weighted by Gasteiger charge is 2.29. The number of ether oxygens (including phenoxy) is 2. The van der Waals surface area contributed by atoms with Crippen molar-refractivity contribution in [2.24, 2.45) is 0 Å². The number of fused-ring (bicyclic) bond motifs is 1. The first-order valence-electron chi connectivity index (χ1n) is 9.98. The summed E-state index contributed by atoms with van der Waals surface area (Å²) in [5.41, 5.74) is 1.58. The number of aryl methyl sites for hydroxylation is 1. The van der Waals surface area contributed by atoms with E-state index in [0.29, 0.717) is 29.3 Å². The fraction of sp³-hybridized carbons (Fsp3) is 0.455. The lowest BCUT2D eigenvalue weighted by atomic mass is 9.95. The second kappa shape index (κ2) is 9.73. The van der Waals surface area contributed by atoms with E-state index in [4.69, 9.17) is 9.47 Å². The van der Waals surface area contributed by atoms with Gasteiger partial charge >= 0.3 is 5.97 Å². The van der Waals surface area contributed by atoms with E-state index in [2.05, 4.69) is 5.32 Å². The average molecular weight is 402 g/mol. The molecule has 2 aromatic rings. The van der Waals surface area contributed by atoms with E-state index in [0.717, 1.165) is 37.7 Å². The monoisotopic (exact) mass is 401 g/mol. The van der Waals surface area contributed by atoms with Gasteiger partial charge in [0.15, 0.2) is 6.10 Å². The van der Waals surface area contributed by atoms with Crippen LogP contribution in [0.4, 0.5) is 5.00 Å². The summed E-state index contributed by atoms with van der Waals surface area (Å²) in [5, 5.41) is 3.54. The maximum Gasteiger partial charge on any atom is 0.341 e. The summed E-state index contributed by atoms with van der Waals surface area (Å²) < 4.78 is 11.2.